The summed E-state index contributed by atoms with van der Waals surface area (Å²) in [5.74, 6) is 0.552. The highest BCUT2D eigenvalue weighted by Crippen LogP contribution is 2.38. The summed E-state index contributed by atoms with van der Waals surface area (Å²) < 4.78 is 20.5. The molecular formula is C18H19NO6S. The van der Waals surface area contributed by atoms with Gasteiger partial charge in [-0.2, -0.15) is 0 Å². The van der Waals surface area contributed by atoms with Crippen LogP contribution in [0.5, 0.6) is 17.2 Å². The van der Waals surface area contributed by atoms with Crippen molar-refractivity contribution in [3.63, 3.8) is 0 Å². The van der Waals surface area contributed by atoms with Gasteiger partial charge in [0.2, 0.25) is 11.7 Å². The van der Waals surface area contributed by atoms with Crippen molar-refractivity contribution in [2.75, 3.05) is 33.8 Å². The first-order valence-electron chi connectivity index (χ1n) is 7.48. The number of carbonyl (C=O) groups is 2. The summed E-state index contributed by atoms with van der Waals surface area (Å²) in [6.45, 7) is 0. The minimum atomic E-state index is -0.504. The number of rotatable bonds is 7. The number of anilines is 1. The van der Waals surface area contributed by atoms with Crippen molar-refractivity contribution < 1.29 is 28.5 Å². The monoisotopic (exact) mass is 377 g/mol. The smallest absolute Gasteiger partial charge is 0.340 e. The maximum atomic E-state index is 12.1. The lowest BCUT2D eigenvalue weighted by molar-refractivity contribution is -0.111. The summed E-state index contributed by atoms with van der Waals surface area (Å²) in [5.41, 5.74) is 1.00. The van der Waals surface area contributed by atoms with Gasteiger partial charge in [0, 0.05) is 6.08 Å². The molecule has 0 atom stereocenters. The average molecular weight is 377 g/mol. The Morgan fingerprint density at radius 3 is 2.23 bits per heavy atom. The van der Waals surface area contributed by atoms with Gasteiger partial charge in [0.25, 0.3) is 0 Å². The Balaban J connectivity index is 2.18. The molecule has 2 aromatic rings. The van der Waals surface area contributed by atoms with Crippen molar-refractivity contribution in [1.29, 1.82) is 0 Å². The van der Waals surface area contributed by atoms with Crippen molar-refractivity contribution in [3.05, 3.63) is 40.8 Å². The molecule has 0 bridgehead atoms. The van der Waals surface area contributed by atoms with Crippen LogP contribution < -0.4 is 19.5 Å². The van der Waals surface area contributed by atoms with Gasteiger partial charge in [-0.3, -0.25) is 4.79 Å². The average Bonchev–Trinajstić information content (AvgIpc) is 3.12. The van der Waals surface area contributed by atoms with Gasteiger partial charge in [-0.15, -0.1) is 11.3 Å². The van der Waals surface area contributed by atoms with E-state index in [1.165, 1.54) is 45.9 Å². The van der Waals surface area contributed by atoms with Crippen molar-refractivity contribution in [1.82, 2.24) is 0 Å². The molecule has 0 aliphatic rings. The van der Waals surface area contributed by atoms with E-state index in [1.807, 2.05) is 0 Å². The SMILES string of the molecule is COC(=O)c1ccsc1NC(=O)/C=C/c1cc(OC)c(OC)c(OC)c1. The number of carbonyl (C=O) groups excluding carboxylic acids is 2. The molecule has 0 radical (unpaired) electrons. The number of ether oxygens (including phenoxy) is 4. The van der Waals surface area contributed by atoms with Crippen molar-refractivity contribution in [3.8, 4) is 17.2 Å². The van der Waals surface area contributed by atoms with Gasteiger partial charge in [0.15, 0.2) is 11.5 Å². The second kappa shape index (κ2) is 8.91. The maximum absolute atomic E-state index is 12.1. The second-order valence-electron chi connectivity index (χ2n) is 4.94. The number of thiophene rings is 1. The number of hydrogen-bond acceptors (Lipinski definition) is 7. The Labute approximate surface area is 155 Å². The largest absolute Gasteiger partial charge is 0.493 e. The summed E-state index contributed by atoms with van der Waals surface area (Å²) >= 11 is 1.24. The molecule has 1 aromatic carbocycles. The molecule has 0 aliphatic carbocycles. The van der Waals surface area contributed by atoms with E-state index in [4.69, 9.17) is 14.2 Å². The maximum Gasteiger partial charge on any atom is 0.340 e. The number of hydrogen-bond donors (Lipinski definition) is 1. The Hall–Kier alpha value is -3.00. The van der Waals surface area contributed by atoms with E-state index >= 15 is 0 Å². The fourth-order valence-electron chi connectivity index (χ4n) is 2.20. The van der Waals surface area contributed by atoms with Crippen LogP contribution >= 0.6 is 11.3 Å². The summed E-state index contributed by atoms with van der Waals surface area (Å²) in [5, 5.41) is 4.79. The van der Waals surface area contributed by atoms with Crippen LogP contribution in [0.25, 0.3) is 6.08 Å². The summed E-state index contributed by atoms with van der Waals surface area (Å²) in [7, 11) is 5.84. The Kier molecular flexibility index (Phi) is 6.62. The van der Waals surface area contributed by atoms with Crippen LogP contribution in [0.2, 0.25) is 0 Å². The van der Waals surface area contributed by atoms with Gasteiger partial charge < -0.3 is 24.3 Å². The van der Waals surface area contributed by atoms with Crippen LogP contribution in [-0.2, 0) is 9.53 Å². The molecule has 0 saturated carbocycles. The molecule has 1 heterocycles. The molecule has 26 heavy (non-hydrogen) atoms. The predicted octanol–water partition coefficient (Wildman–Crippen LogP) is 3.21. The van der Waals surface area contributed by atoms with E-state index in [1.54, 1.807) is 29.7 Å². The lowest BCUT2D eigenvalue weighted by atomic mass is 10.1. The summed E-state index contributed by atoms with van der Waals surface area (Å²) in [6.07, 6.45) is 2.95. The quantitative estimate of drug-likeness (QED) is 0.589. The number of benzene rings is 1. The molecule has 0 saturated heterocycles. The molecule has 0 unspecified atom stereocenters. The zero-order valence-electron chi connectivity index (χ0n) is 14.8. The Bertz CT molecular complexity index is 802. The minimum Gasteiger partial charge on any atom is -0.493 e. The third kappa shape index (κ3) is 4.34. The first kappa shape index (κ1) is 19.3. The number of esters is 1. The van der Waals surface area contributed by atoms with E-state index in [0.29, 0.717) is 33.4 Å². The van der Waals surface area contributed by atoms with Crippen molar-refractivity contribution in [2.45, 2.75) is 0 Å². The Morgan fingerprint density at radius 2 is 1.69 bits per heavy atom. The van der Waals surface area contributed by atoms with Crippen LogP contribution in [0.4, 0.5) is 5.00 Å². The van der Waals surface area contributed by atoms with Crippen LogP contribution in [0, 0.1) is 0 Å². The van der Waals surface area contributed by atoms with Gasteiger partial charge in [0.1, 0.15) is 5.00 Å². The third-order valence-electron chi connectivity index (χ3n) is 3.42. The fourth-order valence-corrected chi connectivity index (χ4v) is 2.98. The van der Waals surface area contributed by atoms with E-state index in [-0.39, 0.29) is 5.91 Å². The van der Waals surface area contributed by atoms with Crippen LogP contribution in [0.15, 0.2) is 29.7 Å². The molecule has 1 aromatic heterocycles. The van der Waals surface area contributed by atoms with E-state index in [2.05, 4.69) is 10.1 Å². The van der Waals surface area contributed by atoms with Crippen molar-refractivity contribution >= 4 is 34.3 Å². The molecule has 138 valence electrons. The second-order valence-corrected chi connectivity index (χ2v) is 5.85. The van der Waals surface area contributed by atoms with Crippen LogP contribution in [-0.4, -0.2) is 40.3 Å². The van der Waals surface area contributed by atoms with E-state index in [9.17, 15) is 9.59 Å². The van der Waals surface area contributed by atoms with Gasteiger partial charge in [-0.25, -0.2) is 4.79 Å². The zero-order valence-corrected chi connectivity index (χ0v) is 15.6. The molecule has 0 spiro atoms. The normalized spacial score (nSPS) is 10.5. The lowest BCUT2D eigenvalue weighted by Crippen LogP contribution is -2.10. The first-order chi connectivity index (χ1) is 12.5. The molecule has 8 heteroatoms. The van der Waals surface area contributed by atoms with Gasteiger partial charge in [0.05, 0.1) is 34.0 Å². The Morgan fingerprint density at radius 1 is 1.04 bits per heavy atom. The molecule has 7 nitrogen and oxygen atoms in total. The van der Waals surface area contributed by atoms with Gasteiger partial charge >= 0.3 is 5.97 Å². The molecule has 1 amide bonds. The number of methoxy groups -OCH3 is 4. The molecule has 2 rings (SSSR count). The predicted molar refractivity (Wildman–Crippen MR) is 99.4 cm³/mol. The lowest BCUT2D eigenvalue weighted by Gasteiger charge is -2.12. The minimum absolute atomic E-state index is 0.312. The molecule has 1 N–H and O–H groups in total. The van der Waals surface area contributed by atoms with E-state index < -0.39 is 5.97 Å². The standard InChI is InChI=1S/C18H19NO6S/c1-22-13-9-11(10-14(23-2)16(13)24-3)5-6-15(20)19-17-12(7-8-26-17)18(21)25-4/h5-10H,1-4H3,(H,19,20)/b6-5+. The highest BCUT2D eigenvalue weighted by Gasteiger charge is 2.15. The van der Waals surface area contributed by atoms with Gasteiger partial charge in [-0.05, 0) is 35.2 Å². The highest BCUT2D eigenvalue weighted by molar-refractivity contribution is 7.14. The number of amides is 1. The topological polar surface area (TPSA) is 83.1 Å². The zero-order chi connectivity index (χ0) is 19.1. The highest BCUT2D eigenvalue weighted by atomic mass is 32.1. The van der Waals surface area contributed by atoms with Crippen molar-refractivity contribution in [2.24, 2.45) is 0 Å². The number of nitrogens with one attached hydrogen (secondary N) is 1. The van der Waals surface area contributed by atoms with Crippen LogP contribution in [0.1, 0.15) is 15.9 Å². The van der Waals surface area contributed by atoms with Gasteiger partial charge in [-0.1, -0.05) is 0 Å². The fraction of sp³-hybridized carbons (Fsp3) is 0.222. The molecular weight excluding hydrogens is 358 g/mol. The summed E-state index contributed by atoms with van der Waals surface area (Å²) in [4.78, 5) is 23.8. The summed E-state index contributed by atoms with van der Waals surface area (Å²) in [6, 6.07) is 5.03. The molecule has 0 aliphatic heterocycles. The van der Waals surface area contributed by atoms with Crippen LogP contribution in [0.3, 0.4) is 0 Å². The molecule has 0 fully saturated rings. The third-order valence-corrected chi connectivity index (χ3v) is 4.25. The first-order valence-corrected chi connectivity index (χ1v) is 8.36. The van der Waals surface area contributed by atoms with E-state index in [0.717, 1.165) is 0 Å².